The molecule has 0 aromatic heterocycles. The van der Waals surface area contributed by atoms with Gasteiger partial charge in [-0.15, -0.1) is 0 Å². The van der Waals surface area contributed by atoms with E-state index in [-0.39, 0.29) is 0 Å². The molecule has 0 bridgehead atoms. The predicted octanol–water partition coefficient (Wildman–Crippen LogP) is 2.60. The zero-order valence-electron chi connectivity index (χ0n) is 10.7. The van der Waals surface area contributed by atoms with Crippen LogP contribution >= 0.6 is 11.6 Å². The van der Waals surface area contributed by atoms with Gasteiger partial charge in [-0.05, 0) is 35.0 Å². The summed E-state index contributed by atoms with van der Waals surface area (Å²) in [6.45, 7) is 4.86. The number of benzene rings is 2. The van der Waals surface area contributed by atoms with Crippen molar-refractivity contribution in [3.05, 3.63) is 40.9 Å². The van der Waals surface area contributed by atoms with Crippen LogP contribution in [0.2, 0.25) is 5.02 Å². The molecule has 0 atom stereocenters. The summed E-state index contributed by atoms with van der Waals surface area (Å²) in [5, 5.41) is 16.3. The van der Waals surface area contributed by atoms with Crippen molar-refractivity contribution in [2.75, 3.05) is 26.2 Å². The van der Waals surface area contributed by atoms with Crippen LogP contribution in [-0.2, 0) is 6.54 Å². The molecule has 0 aliphatic carbocycles. The number of rotatable bonds is 2. The molecular formula is C15H17ClN2O. The van der Waals surface area contributed by atoms with E-state index >= 15 is 0 Å². The summed E-state index contributed by atoms with van der Waals surface area (Å²) in [5.74, 6) is 0.369. The number of nitrogens with zero attached hydrogens (tertiary/aromatic N) is 1. The quantitative estimate of drug-likeness (QED) is 0.885. The molecule has 1 fully saturated rings. The van der Waals surface area contributed by atoms with E-state index in [2.05, 4.69) is 10.2 Å². The standard InChI is InChI=1S/C15H17ClN2O/c16-14-2-1-11-9-15(19)13(7-12(11)8-14)10-18-5-3-17-4-6-18/h1-2,7-9,17,19H,3-6,10H2. The fourth-order valence-electron chi connectivity index (χ4n) is 2.54. The van der Waals surface area contributed by atoms with Crippen molar-refractivity contribution < 1.29 is 5.11 Å². The van der Waals surface area contributed by atoms with Gasteiger partial charge in [0.2, 0.25) is 0 Å². The van der Waals surface area contributed by atoms with Crippen LogP contribution in [0.4, 0.5) is 0 Å². The smallest absolute Gasteiger partial charge is 0.120 e. The van der Waals surface area contributed by atoms with Gasteiger partial charge in [0.15, 0.2) is 0 Å². The number of fused-ring (bicyclic) bond motifs is 1. The first-order valence-corrected chi connectivity index (χ1v) is 6.94. The summed E-state index contributed by atoms with van der Waals surface area (Å²) in [5.41, 5.74) is 0.969. The lowest BCUT2D eigenvalue weighted by Gasteiger charge is -2.27. The van der Waals surface area contributed by atoms with Crippen LogP contribution in [0.25, 0.3) is 10.8 Å². The normalized spacial score (nSPS) is 16.9. The molecule has 4 heteroatoms. The van der Waals surface area contributed by atoms with Crippen LogP contribution < -0.4 is 5.32 Å². The maximum Gasteiger partial charge on any atom is 0.120 e. The molecule has 1 aliphatic heterocycles. The Hall–Kier alpha value is -1.29. The lowest BCUT2D eigenvalue weighted by molar-refractivity contribution is 0.230. The SMILES string of the molecule is Oc1cc2ccc(Cl)cc2cc1CN1CCNCC1. The Bertz CT molecular complexity index is 594. The minimum absolute atomic E-state index is 0.369. The molecular weight excluding hydrogens is 260 g/mol. The fourth-order valence-corrected chi connectivity index (χ4v) is 2.72. The van der Waals surface area contributed by atoms with Gasteiger partial charge in [0.1, 0.15) is 5.75 Å². The first kappa shape index (κ1) is 12.7. The average molecular weight is 277 g/mol. The van der Waals surface area contributed by atoms with Gasteiger partial charge < -0.3 is 10.4 Å². The van der Waals surface area contributed by atoms with Crippen molar-refractivity contribution in [1.29, 1.82) is 0 Å². The highest BCUT2D eigenvalue weighted by molar-refractivity contribution is 6.31. The number of halogens is 1. The lowest BCUT2D eigenvalue weighted by atomic mass is 10.1. The first-order valence-electron chi connectivity index (χ1n) is 6.56. The summed E-state index contributed by atoms with van der Waals surface area (Å²) >= 11 is 6.02. The average Bonchev–Trinajstić information content (AvgIpc) is 2.41. The number of nitrogens with one attached hydrogen (secondary N) is 1. The van der Waals surface area contributed by atoms with Gasteiger partial charge in [0, 0.05) is 43.3 Å². The Morgan fingerprint density at radius 2 is 1.89 bits per heavy atom. The molecule has 19 heavy (non-hydrogen) atoms. The largest absolute Gasteiger partial charge is 0.508 e. The maximum absolute atomic E-state index is 10.1. The second-order valence-electron chi connectivity index (χ2n) is 5.00. The monoisotopic (exact) mass is 276 g/mol. The Morgan fingerprint density at radius 3 is 2.68 bits per heavy atom. The Balaban J connectivity index is 1.91. The second-order valence-corrected chi connectivity index (χ2v) is 5.43. The molecule has 0 amide bonds. The van der Waals surface area contributed by atoms with Gasteiger partial charge in [-0.1, -0.05) is 17.7 Å². The Labute approximate surface area is 117 Å². The molecule has 0 radical (unpaired) electrons. The molecule has 1 saturated heterocycles. The van der Waals surface area contributed by atoms with Gasteiger partial charge in [-0.2, -0.15) is 0 Å². The van der Waals surface area contributed by atoms with Crippen LogP contribution in [-0.4, -0.2) is 36.2 Å². The number of hydrogen-bond acceptors (Lipinski definition) is 3. The molecule has 3 nitrogen and oxygen atoms in total. The molecule has 1 aliphatic rings. The highest BCUT2D eigenvalue weighted by atomic mass is 35.5. The molecule has 0 spiro atoms. The Morgan fingerprint density at radius 1 is 1.11 bits per heavy atom. The van der Waals surface area contributed by atoms with E-state index in [9.17, 15) is 5.11 Å². The van der Waals surface area contributed by atoms with E-state index < -0.39 is 0 Å². The van der Waals surface area contributed by atoms with Crippen LogP contribution in [0.3, 0.4) is 0 Å². The van der Waals surface area contributed by atoms with Gasteiger partial charge in [0.05, 0.1) is 0 Å². The van der Waals surface area contributed by atoms with Crippen LogP contribution in [0.5, 0.6) is 5.75 Å². The van der Waals surface area contributed by atoms with Crippen molar-refractivity contribution in [2.45, 2.75) is 6.54 Å². The third-order valence-corrected chi connectivity index (χ3v) is 3.84. The third-order valence-electron chi connectivity index (χ3n) is 3.60. The van der Waals surface area contributed by atoms with Gasteiger partial charge in [-0.25, -0.2) is 0 Å². The maximum atomic E-state index is 10.1. The summed E-state index contributed by atoms with van der Waals surface area (Å²) in [6, 6.07) is 9.59. The first-order chi connectivity index (χ1) is 9.22. The van der Waals surface area contributed by atoms with Crippen LogP contribution in [0.15, 0.2) is 30.3 Å². The van der Waals surface area contributed by atoms with Crippen molar-refractivity contribution >= 4 is 22.4 Å². The summed E-state index contributed by atoms with van der Waals surface area (Å²) in [4.78, 5) is 2.35. The van der Waals surface area contributed by atoms with E-state index in [1.54, 1.807) is 0 Å². The van der Waals surface area contributed by atoms with Gasteiger partial charge in [0.25, 0.3) is 0 Å². The van der Waals surface area contributed by atoms with Gasteiger partial charge >= 0.3 is 0 Å². The molecule has 2 aromatic rings. The third kappa shape index (κ3) is 2.84. The molecule has 1 heterocycles. The van der Waals surface area contributed by atoms with E-state index in [0.29, 0.717) is 5.75 Å². The summed E-state index contributed by atoms with van der Waals surface area (Å²) < 4.78 is 0. The van der Waals surface area contributed by atoms with Crippen molar-refractivity contribution in [3.8, 4) is 5.75 Å². The van der Waals surface area contributed by atoms with Crippen LogP contribution in [0.1, 0.15) is 5.56 Å². The van der Waals surface area contributed by atoms with E-state index in [1.807, 2.05) is 30.3 Å². The zero-order valence-corrected chi connectivity index (χ0v) is 11.5. The number of phenols is 1. The molecule has 2 aromatic carbocycles. The highest BCUT2D eigenvalue weighted by Gasteiger charge is 2.12. The van der Waals surface area contributed by atoms with Gasteiger partial charge in [-0.3, -0.25) is 4.90 Å². The molecule has 100 valence electrons. The molecule has 0 saturated carbocycles. The van der Waals surface area contributed by atoms with Crippen LogP contribution in [0, 0.1) is 0 Å². The molecule has 0 unspecified atom stereocenters. The minimum atomic E-state index is 0.369. The number of hydrogen-bond donors (Lipinski definition) is 2. The number of piperazine rings is 1. The zero-order chi connectivity index (χ0) is 13.2. The number of aromatic hydroxyl groups is 1. The van der Waals surface area contributed by atoms with E-state index in [1.165, 1.54) is 0 Å². The second kappa shape index (κ2) is 5.37. The van der Waals surface area contributed by atoms with E-state index in [4.69, 9.17) is 11.6 Å². The van der Waals surface area contributed by atoms with Crippen molar-refractivity contribution in [1.82, 2.24) is 10.2 Å². The highest BCUT2D eigenvalue weighted by Crippen LogP contribution is 2.28. The fraction of sp³-hybridized carbons (Fsp3) is 0.333. The number of phenolic OH excluding ortho intramolecular Hbond substituents is 1. The van der Waals surface area contributed by atoms with Crippen molar-refractivity contribution in [2.24, 2.45) is 0 Å². The lowest BCUT2D eigenvalue weighted by Crippen LogP contribution is -2.42. The van der Waals surface area contributed by atoms with Crippen molar-refractivity contribution in [3.63, 3.8) is 0 Å². The summed E-state index contributed by atoms with van der Waals surface area (Å²) in [6.07, 6.45) is 0. The predicted molar refractivity (Wildman–Crippen MR) is 78.8 cm³/mol. The van der Waals surface area contributed by atoms with E-state index in [0.717, 1.165) is 54.1 Å². The summed E-state index contributed by atoms with van der Waals surface area (Å²) in [7, 11) is 0. The Kier molecular flexibility index (Phi) is 3.60. The topological polar surface area (TPSA) is 35.5 Å². The molecule has 3 rings (SSSR count). The minimum Gasteiger partial charge on any atom is -0.508 e. The molecule has 2 N–H and O–H groups in total.